The monoisotopic (exact) mass is 216 g/mol. The quantitative estimate of drug-likeness (QED) is 0.686. The van der Waals surface area contributed by atoms with Gasteiger partial charge in [-0.3, -0.25) is 4.79 Å². The summed E-state index contributed by atoms with van der Waals surface area (Å²) >= 11 is 0. The van der Waals surface area contributed by atoms with Gasteiger partial charge in [-0.05, 0) is 25.7 Å². The molecule has 1 heterocycles. The summed E-state index contributed by atoms with van der Waals surface area (Å²) < 4.78 is 10.2. The third kappa shape index (κ3) is 3.47. The fourth-order valence-electron chi connectivity index (χ4n) is 2.04. The summed E-state index contributed by atoms with van der Waals surface area (Å²) in [6, 6.07) is 0. The minimum atomic E-state index is -0.664. The van der Waals surface area contributed by atoms with Crippen LogP contribution in [0.5, 0.6) is 0 Å². The van der Waals surface area contributed by atoms with Gasteiger partial charge in [-0.1, -0.05) is 6.42 Å². The van der Waals surface area contributed by atoms with E-state index in [4.69, 9.17) is 9.47 Å². The highest BCUT2D eigenvalue weighted by molar-refractivity contribution is 5.74. The summed E-state index contributed by atoms with van der Waals surface area (Å²) in [5, 5.41) is 9.26. The highest BCUT2D eigenvalue weighted by atomic mass is 16.5. The molecule has 0 amide bonds. The van der Waals surface area contributed by atoms with Crippen molar-refractivity contribution >= 4 is 5.97 Å². The molecule has 1 rings (SSSR count). The maximum absolute atomic E-state index is 11.3. The third-order valence-electron chi connectivity index (χ3n) is 3.16. The minimum absolute atomic E-state index is 0.536. The third-order valence-corrected chi connectivity index (χ3v) is 3.16. The van der Waals surface area contributed by atoms with Crippen LogP contribution < -0.4 is 0 Å². The Morgan fingerprint density at radius 2 is 2.07 bits per heavy atom. The first-order valence-corrected chi connectivity index (χ1v) is 5.51. The van der Waals surface area contributed by atoms with Crippen molar-refractivity contribution in [3.63, 3.8) is 0 Å². The number of methoxy groups -OCH3 is 1. The lowest BCUT2D eigenvalue weighted by atomic mass is 9.76. The zero-order valence-electron chi connectivity index (χ0n) is 9.33. The molecule has 1 aliphatic heterocycles. The van der Waals surface area contributed by atoms with Crippen molar-refractivity contribution in [1.29, 1.82) is 0 Å². The smallest absolute Gasteiger partial charge is 0.309 e. The van der Waals surface area contributed by atoms with Crippen LogP contribution in [0.25, 0.3) is 0 Å². The van der Waals surface area contributed by atoms with Gasteiger partial charge in [0.15, 0.2) is 0 Å². The van der Waals surface area contributed by atoms with E-state index in [0.29, 0.717) is 32.7 Å². The number of aliphatic carboxylic acids is 1. The summed E-state index contributed by atoms with van der Waals surface area (Å²) in [5.41, 5.74) is -0.536. The van der Waals surface area contributed by atoms with Crippen molar-refractivity contribution in [2.45, 2.75) is 32.1 Å². The molecule has 0 saturated carbocycles. The van der Waals surface area contributed by atoms with Gasteiger partial charge in [0.25, 0.3) is 0 Å². The second-order valence-electron chi connectivity index (χ2n) is 4.15. The zero-order chi connectivity index (χ0) is 11.1. The SMILES string of the molecule is COCCCCC1(C(=O)O)CCOCC1. The molecule has 1 aliphatic rings. The summed E-state index contributed by atoms with van der Waals surface area (Å²) in [6.07, 6.45) is 3.90. The van der Waals surface area contributed by atoms with E-state index in [0.717, 1.165) is 19.3 Å². The first-order chi connectivity index (χ1) is 7.21. The molecular formula is C11H20O4. The molecule has 1 N–H and O–H groups in total. The Kier molecular flexibility index (Phi) is 5.05. The molecule has 0 atom stereocenters. The van der Waals surface area contributed by atoms with E-state index in [-0.39, 0.29) is 0 Å². The normalized spacial score (nSPS) is 20.1. The average Bonchev–Trinajstić information content (AvgIpc) is 2.26. The molecule has 0 aromatic heterocycles. The highest BCUT2D eigenvalue weighted by Crippen LogP contribution is 2.36. The van der Waals surface area contributed by atoms with Gasteiger partial charge in [0.05, 0.1) is 5.41 Å². The molecule has 1 fully saturated rings. The van der Waals surface area contributed by atoms with Crippen molar-refractivity contribution in [2.75, 3.05) is 26.9 Å². The van der Waals surface area contributed by atoms with Gasteiger partial charge >= 0.3 is 5.97 Å². The first kappa shape index (κ1) is 12.5. The van der Waals surface area contributed by atoms with E-state index < -0.39 is 11.4 Å². The van der Waals surface area contributed by atoms with Crippen LogP contribution in [-0.4, -0.2) is 38.0 Å². The molecule has 0 aliphatic carbocycles. The second kappa shape index (κ2) is 6.08. The number of carboxylic acids is 1. The lowest BCUT2D eigenvalue weighted by Gasteiger charge is -2.33. The number of hydrogen-bond acceptors (Lipinski definition) is 3. The fourth-order valence-corrected chi connectivity index (χ4v) is 2.04. The van der Waals surface area contributed by atoms with Gasteiger partial charge in [0, 0.05) is 26.9 Å². The Morgan fingerprint density at radius 1 is 1.40 bits per heavy atom. The predicted octanol–water partition coefficient (Wildman–Crippen LogP) is 1.68. The first-order valence-electron chi connectivity index (χ1n) is 5.51. The molecule has 15 heavy (non-hydrogen) atoms. The molecule has 4 nitrogen and oxygen atoms in total. The molecule has 0 bridgehead atoms. The average molecular weight is 216 g/mol. The van der Waals surface area contributed by atoms with Gasteiger partial charge in [-0.15, -0.1) is 0 Å². The van der Waals surface area contributed by atoms with Gasteiger partial charge in [0.2, 0.25) is 0 Å². The van der Waals surface area contributed by atoms with E-state index in [9.17, 15) is 9.90 Å². The Bertz CT molecular complexity index is 197. The Hall–Kier alpha value is -0.610. The second-order valence-corrected chi connectivity index (χ2v) is 4.15. The summed E-state index contributed by atoms with van der Waals surface area (Å²) in [5.74, 6) is -0.664. The van der Waals surface area contributed by atoms with Crippen LogP contribution in [0.3, 0.4) is 0 Å². The van der Waals surface area contributed by atoms with Crippen molar-refractivity contribution < 1.29 is 19.4 Å². The van der Waals surface area contributed by atoms with Crippen LogP contribution in [0, 0.1) is 5.41 Å². The van der Waals surface area contributed by atoms with Crippen molar-refractivity contribution in [1.82, 2.24) is 0 Å². The number of carbonyl (C=O) groups is 1. The molecule has 0 aromatic carbocycles. The molecule has 0 radical (unpaired) electrons. The standard InChI is InChI=1S/C11H20O4/c1-14-7-3-2-4-11(10(12)13)5-8-15-9-6-11/h2-9H2,1H3,(H,12,13). The van der Waals surface area contributed by atoms with Crippen LogP contribution >= 0.6 is 0 Å². The topological polar surface area (TPSA) is 55.8 Å². The number of hydrogen-bond donors (Lipinski definition) is 1. The maximum atomic E-state index is 11.3. The number of carboxylic acid groups (broad SMARTS) is 1. The Labute approximate surface area is 90.6 Å². The Balaban J connectivity index is 2.39. The lowest BCUT2D eigenvalue weighted by Crippen LogP contribution is -2.37. The number of ether oxygens (including phenoxy) is 2. The maximum Gasteiger partial charge on any atom is 0.309 e. The van der Waals surface area contributed by atoms with Crippen LogP contribution in [0.4, 0.5) is 0 Å². The molecule has 0 spiro atoms. The van der Waals surface area contributed by atoms with E-state index in [2.05, 4.69) is 0 Å². The number of rotatable bonds is 6. The highest BCUT2D eigenvalue weighted by Gasteiger charge is 2.39. The predicted molar refractivity (Wildman–Crippen MR) is 55.8 cm³/mol. The van der Waals surface area contributed by atoms with Gasteiger partial charge in [-0.2, -0.15) is 0 Å². The zero-order valence-corrected chi connectivity index (χ0v) is 9.33. The molecule has 0 unspecified atom stereocenters. The summed E-state index contributed by atoms with van der Waals surface area (Å²) in [6.45, 7) is 1.87. The van der Waals surface area contributed by atoms with Gasteiger partial charge < -0.3 is 14.6 Å². The number of unbranched alkanes of at least 4 members (excludes halogenated alkanes) is 1. The molecule has 4 heteroatoms. The molecule has 1 saturated heterocycles. The summed E-state index contributed by atoms with van der Waals surface area (Å²) in [7, 11) is 1.67. The van der Waals surface area contributed by atoms with E-state index in [1.165, 1.54) is 0 Å². The van der Waals surface area contributed by atoms with E-state index in [1.807, 2.05) is 0 Å². The van der Waals surface area contributed by atoms with Crippen LogP contribution in [0.1, 0.15) is 32.1 Å². The van der Waals surface area contributed by atoms with Crippen molar-refractivity contribution in [2.24, 2.45) is 5.41 Å². The van der Waals surface area contributed by atoms with Gasteiger partial charge in [0.1, 0.15) is 0 Å². The van der Waals surface area contributed by atoms with E-state index >= 15 is 0 Å². The van der Waals surface area contributed by atoms with Gasteiger partial charge in [-0.25, -0.2) is 0 Å². The van der Waals surface area contributed by atoms with Crippen molar-refractivity contribution in [3.8, 4) is 0 Å². The summed E-state index contributed by atoms with van der Waals surface area (Å²) in [4.78, 5) is 11.3. The lowest BCUT2D eigenvalue weighted by molar-refractivity contribution is -0.155. The molecular weight excluding hydrogens is 196 g/mol. The van der Waals surface area contributed by atoms with Crippen LogP contribution in [-0.2, 0) is 14.3 Å². The Morgan fingerprint density at radius 3 is 2.60 bits per heavy atom. The van der Waals surface area contributed by atoms with Crippen LogP contribution in [0.2, 0.25) is 0 Å². The minimum Gasteiger partial charge on any atom is -0.481 e. The molecule has 0 aromatic rings. The van der Waals surface area contributed by atoms with Crippen LogP contribution in [0.15, 0.2) is 0 Å². The largest absolute Gasteiger partial charge is 0.481 e. The van der Waals surface area contributed by atoms with Crippen molar-refractivity contribution in [3.05, 3.63) is 0 Å². The van der Waals surface area contributed by atoms with E-state index in [1.54, 1.807) is 7.11 Å². The fraction of sp³-hybridized carbons (Fsp3) is 0.909. The molecule has 88 valence electrons.